The van der Waals surface area contributed by atoms with Gasteiger partial charge < -0.3 is 5.73 Å². The SMILES string of the molecule is CCC(C(N)=S)S(=O)(=O)N(C)Cc1ccc(C)cc1. The Bertz CT molecular complexity index is 538. The smallest absolute Gasteiger partial charge is 0.223 e. The van der Waals surface area contributed by atoms with Crippen molar-refractivity contribution in [1.29, 1.82) is 0 Å². The molecule has 0 aromatic heterocycles. The second-order valence-electron chi connectivity index (χ2n) is 4.59. The third-order valence-electron chi connectivity index (χ3n) is 3.01. The van der Waals surface area contributed by atoms with Crippen LogP contribution >= 0.6 is 12.2 Å². The summed E-state index contributed by atoms with van der Waals surface area (Å²) in [5, 5.41) is -0.794. The lowest BCUT2D eigenvalue weighted by Crippen LogP contribution is -2.42. The van der Waals surface area contributed by atoms with Crippen molar-refractivity contribution >= 4 is 27.2 Å². The molecule has 19 heavy (non-hydrogen) atoms. The first-order valence-corrected chi connectivity index (χ1v) is 8.00. The van der Waals surface area contributed by atoms with Gasteiger partial charge in [-0.1, -0.05) is 49.0 Å². The summed E-state index contributed by atoms with van der Waals surface area (Å²) in [5.41, 5.74) is 7.59. The monoisotopic (exact) mass is 300 g/mol. The van der Waals surface area contributed by atoms with Crippen LogP contribution in [0.2, 0.25) is 0 Å². The Labute approximate surface area is 120 Å². The van der Waals surface area contributed by atoms with Gasteiger partial charge in [-0.2, -0.15) is 4.31 Å². The quantitative estimate of drug-likeness (QED) is 0.814. The minimum Gasteiger partial charge on any atom is -0.392 e. The average Bonchev–Trinajstić information content (AvgIpc) is 2.32. The molecule has 1 atom stereocenters. The fourth-order valence-electron chi connectivity index (χ4n) is 1.82. The third kappa shape index (κ3) is 3.99. The van der Waals surface area contributed by atoms with Crippen LogP contribution < -0.4 is 5.73 Å². The van der Waals surface area contributed by atoms with Crippen molar-refractivity contribution in [3.8, 4) is 0 Å². The van der Waals surface area contributed by atoms with E-state index in [9.17, 15) is 8.42 Å². The Morgan fingerprint density at radius 1 is 1.37 bits per heavy atom. The van der Waals surface area contributed by atoms with Gasteiger partial charge in [0.05, 0.1) is 4.99 Å². The number of benzene rings is 1. The molecule has 0 amide bonds. The minimum absolute atomic E-state index is 0.0262. The lowest BCUT2D eigenvalue weighted by atomic mass is 10.1. The fourth-order valence-corrected chi connectivity index (χ4v) is 3.83. The van der Waals surface area contributed by atoms with Gasteiger partial charge in [-0.05, 0) is 18.9 Å². The first-order valence-electron chi connectivity index (χ1n) is 6.09. The fraction of sp³-hybridized carbons (Fsp3) is 0.462. The number of nitrogens with zero attached hydrogens (tertiary/aromatic N) is 1. The molecule has 0 radical (unpaired) electrons. The van der Waals surface area contributed by atoms with Gasteiger partial charge in [0.25, 0.3) is 0 Å². The summed E-state index contributed by atoms with van der Waals surface area (Å²) in [6.07, 6.45) is 0.385. The third-order valence-corrected chi connectivity index (χ3v) is 5.75. The molecule has 1 aromatic carbocycles. The van der Waals surface area contributed by atoms with Crippen LogP contribution in [-0.4, -0.2) is 30.0 Å². The average molecular weight is 300 g/mol. The van der Waals surface area contributed by atoms with Crippen molar-refractivity contribution in [3.63, 3.8) is 0 Å². The summed E-state index contributed by atoms with van der Waals surface area (Å²) in [4.78, 5) is 0.0262. The van der Waals surface area contributed by atoms with E-state index < -0.39 is 15.3 Å². The highest BCUT2D eigenvalue weighted by molar-refractivity contribution is 7.92. The first-order chi connectivity index (χ1) is 8.78. The van der Waals surface area contributed by atoms with Crippen molar-refractivity contribution in [2.24, 2.45) is 5.73 Å². The molecule has 0 aliphatic carbocycles. The van der Waals surface area contributed by atoms with E-state index >= 15 is 0 Å². The topological polar surface area (TPSA) is 63.4 Å². The largest absolute Gasteiger partial charge is 0.392 e. The van der Waals surface area contributed by atoms with E-state index in [1.54, 1.807) is 14.0 Å². The maximum absolute atomic E-state index is 12.3. The zero-order valence-electron chi connectivity index (χ0n) is 11.5. The molecule has 0 heterocycles. The normalized spacial score (nSPS) is 13.5. The minimum atomic E-state index is -3.49. The number of aryl methyl sites for hydroxylation is 1. The Kier molecular flexibility index (Phi) is 5.46. The molecular formula is C13H20N2O2S2. The Morgan fingerprint density at radius 3 is 2.32 bits per heavy atom. The van der Waals surface area contributed by atoms with Crippen molar-refractivity contribution < 1.29 is 8.42 Å². The maximum atomic E-state index is 12.3. The van der Waals surface area contributed by atoms with Gasteiger partial charge in [-0.3, -0.25) is 0 Å². The van der Waals surface area contributed by atoms with Gasteiger partial charge >= 0.3 is 0 Å². The summed E-state index contributed by atoms with van der Waals surface area (Å²) in [6, 6.07) is 7.76. The summed E-state index contributed by atoms with van der Waals surface area (Å²) >= 11 is 4.84. The van der Waals surface area contributed by atoms with Crippen molar-refractivity contribution in [2.45, 2.75) is 32.1 Å². The first kappa shape index (κ1) is 16.1. The van der Waals surface area contributed by atoms with E-state index in [1.807, 2.05) is 31.2 Å². The second kappa shape index (κ2) is 6.45. The van der Waals surface area contributed by atoms with Crippen LogP contribution in [0.4, 0.5) is 0 Å². The predicted octanol–water partition coefficient (Wildman–Crippen LogP) is 1.82. The van der Waals surface area contributed by atoms with Crippen LogP contribution in [0, 0.1) is 6.92 Å². The summed E-state index contributed by atoms with van der Waals surface area (Å²) in [7, 11) is -1.94. The van der Waals surface area contributed by atoms with Crippen molar-refractivity contribution in [1.82, 2.24) is 4.31 Å². The van der Waals surface area contributed by atoms with E-state index in [0.29, 0.717) is 13.0 Å². The molecule has 2 N–H and O–H groups in total. The van der Waals surface area contributed by atoms with Crippen LogP contribution in [0.1, 0.15) is 24.5 Å². The molecule has 0 bridgehead atoms. The molecule has 6 heteroatoms. The van der Waals surface area contributed by atoms with Crippen LogP contribution in [0.3, 0.4) is 0 Å². The number of nitrogens with two attached hydrogens (primary N) is 1. The van der Waals surface area contributed by atoms with Crippen LogP contribution in [0.25, 0.3) is 0 Å². The van der Waals surface area contributed by atoms with Gasteiger partial charge in [0.1, 0.15) is 5.25 Å². The predicted molar refractivity (Wildman–Crippen MR) is 82.4 cm³/mol. The zero-order chi connectivity index (χ0) is 14.6. The number of hydrogen-bond acceptors (Lipinski definition) is 3. The molecule has 0 saturated carbocycles. The van der Waals surface area contributed by atoms with Crippen molar-refractivity contribution in [3.05, 3.63) is 35.4 Å². The number of rotatable bonds is 6. The summed E-state index contributed by atoms with van der Waals surface area (Å²) in [5.74, 6) is 0. The van der Waals surface area contributed by atoms with Crippen molar-refractivity contribution in [2.75, 3.05) is 7.05 Å². The standard InChI is InChI=1S/C13H20N2O2S2/c1-4-12(13(14)18)19(16,17)15(3)9-11-7-5-10(2)6-8-11/h5-8,12H,4,9H2,1-3H3,(H2,14,18). The Hall–Kier alpha value is -0.980. The molecule has 1 rings (SSSR count). The number of thiocarbonyl (C=S) groups is 1. The maximum Gasteiger partial charge on any atom is 0.223 e. The molecule has 0 saturated heterocycles. The van der Waals surface area contributed by atoms with Crippen LogP contribution in [0.15, 0.2) is 24.3 Å². The molecular weight excluding hydrogens is 280 g/mol. The van der Waals surface area contributed by atoms with Gasteiger partial charge in [0, 0.05) is 13.6 Å². The van der Waals surface area contributed by atoms with Gasteiger partial charge in [0.15, 0.2) is 0 Å². The zero-order valence-corrected chi connectivity index (χ0v) is 13.1. The van der Waals surface area contributed by atoms with Gasteiger partial charge in [0.2, 0.25) is 10.0 Å². The molecule has 1 unspecified atom stereocenters. The highest BCUT2D eigenvalue weighted by Crippen LogP contribution is 2.15. The second-order valence-corrected chi connectivity index (χ2v) is 7.28. The molecule has 106 valence electrons. The lowest BCUT2D eigenvalue weighted by molar-refractivity contribution is 0.461. The van der Waals surface area contributed by atoms with E-state index in [-0.39, 0.29) is 4.99 Å². The molecule has 1 aromatic rings. The Balaban J connectivity index is 2.90. The summed E-state index contributed by atoms with van der Waals surface area (Å²) < 4.78 is 26.0. The van der Waals surface area contributed by atoms with Crippen LogP contribution in [0.5, 0.6) is 0 Å². The highest BCUT2D eigenvalue weighted by atomic mass is 32.2. The number of sulfonamides is 1. The van der Waals surface area contributed by atoms with E-state index in [1.165, 1.54) is 4.31 Å². The molecule has 0 aliphatic heterocycles. The molecule has 0 fully saturated rings. The lowest BCUT2D eigenvalue weighted by Gasteiger charge is -2.23. The van der Waals surface area contributed by atoms with E-state index in [0.717, 1.165) is 11.1 Å². The molecule has 0 aliphatic rings. The number of hydrogen-bond donors (Lipinski definition) is 1. The van der Waals surface area contributed by atoms with Crippen LogP contribution in [-0.2, 0) is 16.6 Å². The Morgan fingerprint density at radius 2 is 1.89 bits per heavy atom. The van der Waals surface area contributed by atoms with Gasteiger partial charge in [-0.25, -0.2) is 8.42 Å². The molecule has 0 spiro atoms. The van der Waals surface area contributed by atoms with Gasteiger partial charge in [-0.15, -0.1) is 0 Å². The van der Waals surface area contributed by atoms with E-state index in [4.69, 9.17) is 18.0 Å². The summed E-state index contributed by atoms with van der Waals surface area (Å²) in [6.45, 7) is 4.08. The van der Waals surface area contributed by atoms with E-state index in [2.05, 4.69) is 0 Å². The molecule has 4 nitrogen and oxygen atoms in total. The highest BCUT2D eigenvalue weighted by Gasteiger charge is 2.30.